The average molecular weight is 293 g/mol. The van der Waals surface area contributed by atoms with E-state index in [0.29, 0.717) is 18.3 Å². The van der Waals surface area contributed by atoms with Crippen LogP contribution in [-0.2, 0) is 0 Å². The second-order valence-corrected chi connectivity index (χ2v) is 5.91. The number of hydrogen-bond acceptors (Lipinski definition) is 2. The zero-order valence-electron chi connectivity index (χ0n) is 12.7. The molecule has 1 saturated heterocycles. The molecule has 0 radical (unpaired) electrons. The molecule has 116 valence electrons. The minimum Gasteiger partial charge on any atom is -0.336 e. The average Bonchev–Trinajstić information content (AvgIpc) is 2.48. The first-order valence-electron chi connectivity index (χ1n) is 7.59. The van der Waals surface area contributed by atoms with Gasteiger partial charge in [-0.3, -0.25) is 4.90 Å². The lowest BCUT2D eigenvalue weighted by Crippen LogP contribution is -2.46. The van der Waals surface area contributed by atoms with Crippen LogP contribution in [0.15, 0.2) is 24.3 Å². The molecule has 1 heterocycles. The Hall–Kier alpha value is -1.62. The summed E-state index contributed by atoms with van der Waals surface area (Å²) in [5.74, 6) is 0.497. The van der Waals surface area contributed by atoms with Gasteiger partial charge in [0, 0.05) is 18.3 Å². The number of amides is 2. The Kier molecular flexibility index (Phi) is 5.56. The molecule has 1 aromatic carbocycles. The fraction of sp³-hybridized carbons (Fsp3) is 0.562. The molecule has 0 aromatic heterocycles. The highest BCUT2D eigenvalue weighted by Gasteiger charge is 2.20. The number of likely N-dealkylation sites (tertiary alicyclic amines) is 1. The van der Waals surface area contributed by atoms with E-state index in [9.17, 15) is 9.18 Å². The van der Waals surface area contributed by atoms with Crippen molar-refractivity contribution in [2.45, 2.75) is 32.7 Å². The summed E-state index contributed by atoms with van der Waals surface area (Å²) < 4.78 is 12.8. The highest BCUT2D eigenvalue weighted by atomic mass is 19.1. The first-order chi connectivity index (χ1) is 10.0. The molecule has 1 aliphatic heterocycles. The SMILES string of the molecule is CC1CCN([C@H](C)CNC(=O)Nc2ccc(F)cc2)CC1. The van der Waals surface area contributed by atoms with Gasteiger partial charge < -0.3 is 10.6 Å². The minimum atomic E-state index is -0.311. The zero-order chi connectivity index (χ0) is 15.2. The maximum Gasteiger partial charge on any atom is 0.319 e. The van der Waals surface area contributed by atoms with Crippen LogP contribution in [0.2, 0.25) is 0 Å². The second-order valence-electron chi connectivity index (χ2n) is 5.91. The van der Waals surface area contributed by atoms with Crippen molar-refractivity contribution in [1.29, 1.82) is 0 Å². The number of rotatable bonds is 4. The predicted molar refractivity (Wildman–Crippen MR) is 82.9 cm³/mol. The Bertz CT molecular complexity index is 455. The Balaban J connectivity index is 1.72. The lowest BCUT2D eigenvalue weighted by atomic mass is 9.98. The molecule has 0 bridgehead atoms. The van der Waals surface area contributed by atoms with Crippen LogP contribution in [0.25, 0.3) is 0 Å². The van der Waals surface area contributed by atoms with Crippen LogP contribution >= 0.6 is 0 Å². The number of piperidine rings is 1. The number of halogens is 1. The van der Waals surface area contributed by atoms with E-state index < -0.39 is 0 Å². The Morgan fingerprint density at radius 3 is 2.57 bits per heavy atom. The van der Waals surface area contributed by atoms with Gasteiger partial charge in [-0.2, -0.15) is 0 Å². The first-order valence-corrected chi connectivity index (χ1v) is 7.59. The third kappa shape index (κ3) is 5.01. The molecule has 2 rings (SSSR count). The molecule has 4 nitrogen and oxygen atoms in total. The number of hydrogen-bond donors (Lipinski definition) is 2. The van der Waals surface area contributed by atoms with Gasteiger partial charge in [0.25, 0.3) is 0 Å². The van der Waals surface area contributed by atoms with Crippen molar-refractivity contribution >= 4 is 11.7 Å². The predicted octanol–water partition coefficient (Wildman–Crippen LogP) is 3.07. The third-order valence-electron chi connectivity index (χ3n) is 4.10. The van der Waals surface area contributed by atoms with Crippen molar-refractivity contribution < 1.29 is 9.18 Å². The molecule has 0 aliphatic carbocycles. The summed E-state index contributed by atoms with van der Waals surface area (Å²) in [6.07, 6.45) is 2.46. The van der Waals surface area contributed by atoms with E-state index in [0.717, 1.165) is 19.0 Å². The summed E-state index contributed by atoms with van der Waals surface area (Å²) in [6, 6.07) is 5.82. The largest absolute Gasteiger partial charge is 0.336 e. The number of nitrogens with zero attached hydrogens (tertiary/aromatic N) is 1. The van der Waals surface area contributed by atoms with E-state index in [1.807, 2.05) is 0 Å². The molecule has 1 atom stereocenters. The van der Waals surface area contributed by atoms with E-state index >= 15 is 0 Å². The fourth-order valence-electron chi connectivity index (χ4n) is 2.55. The second kappa shape index (κ2) is 7.41. The number of carbonyl (C=O) groups excluding carboxylic acids is 1. The fourth-order valence-corrected chi connectivity index (χ4v) is 2.55. The van der Waals surface area contributed by atoms with Gasteiger partial charge in [-0.05, 0) is 63.0 Å². The lowest BCUT2D eigenvalue weighted by Gasteiger charge is -2.34. The molecule has 2 N–H and O–H groups in total. The topological polar surface area (TPSA) is 44.4 Å². The van der Waals surface area contributed by atoms with E-state index in [2.05, 4.69) is 29.4 Å². The van der Waals surface area contributed by atoms with Crippen molar-refractivity contribution in [3.05, 3.63) is 30.1 Å². The van der Waals surface area contributed by atoms with Gasteiger partial charge in [0.1, 0.15) is 5.82 Å². The molecule has 1 aliphatic rings. The summed E-state index contributed by atoms with van der Waals surface area (Å²) in [5.41, 5.74) is 0.591. The van der Waals surface area contributed by atoms with Crippen molar-refractivity contribution in [2.75, 3.05) is 25.0 Å². The van der Waals surface area contributed by atoms with Crippen molar-refractivity contribution in [2.24, 2.45) is 5.92 Å². The highest BCUT2D eigenvalue weighted by molar-refractivity contribution is 5.89. The van der Waals surface area contributed by atoms with Gasteiger partial charge in [-0.25, -0.2) is 9.18 Å². The van der Waals surface area contributed by atoms with Crippen LogP contribution in [0.4, 0.5) is 14.9 Å². The van der Waals surface area contributed by atoms with Gasteiger partial charge in [0.15, 0.2) is 0 Å². The van der Waals surface area contributed by atoms with Crippen LogP contribution in [-0.4, -0.2) is 36.6 Å². The third-order valence-corrected chi connectivity index (χ3v) is 4.10. The molecular weight excluding hydrogens is 269 g/mol. The summed E-state index contributed by atoms with van der Waals surface area (Å²) in [7, 11) is 0. The zero-order valence-corrected chi connectivity index (χ0v) is 12.7. The lowest BCUT2D eigenvalue weighted by molar-refractivity contribution is 0.146. The monoisotopic (exact) mass is 293 g/mol. The number of nitrogens with one attached hydrogen (secondary N) is 2. The van der Waals surface area contributed by atoms with Gasteiger partial charge in [-0.15, -0.1) is 0 Å². The van der Waals surface area contributed by atoms with Crippen LogP contribution in [0.1, 0.15) is 26.7 Å². The van der Waals surface area contributed by atoms with Gasteiger partial charge in [0.2, 0.25) is 0 Å². The highest BCUT2D eigenvalue weighted by Crippen LogP contribution is 2.17. The molecule has 0 saturated carbocycles. The number of carbonyl (C=O) groups is 1. The molecule has 5 heteroatoms. The van der Waals surface area contributed by atoms with Crippen LogP contribution < -0.4 is 10.6 Å². The normalized spacial score (nSPS) is 18.2. The van der Waals surface area contributed by atoms with E-state index in [1.165, 1.54) is 25.0 Å². The van der Waals surface area contributed by atoms with Gasteiger partial charge in [-0.1, -0.05) is 6.92 Å². The van der Waals surface area contributed by atoms with Crippen molar-refractivity contribution in [3.63, 3.8) is 0 Å². The minimum absolute atomic E-state index is 0.251. The molecule has 1 aromatic rings. The standard InChI is InChI=1S/C16H24FN3O/c1-12-7-9-20(10-8-12)13(2)11-18-16(21)19-15-5-3-14(17)4-6-15/h3-6,12-13H,7-11H2,1-2H3,(H2,18,19,21)/t13-/m1/s1. The Labute approximate surface area is 125 Å². The van der Waals surface area contributed by atoms with E-state index in [-0.39, 0.29) is 11.8 Å². The molecule has 0 unspecified atom stereocenters. The molecular formula is C16H24FN3O. The van der Waals surface area contributed by atoms with E-state index in [1.54, 1.807) is 12.1 Å². The molecule has 0 spiro atoms. The summed E-state index contributed by atoms with van der Waals surface area (Å²) >= 11 is 0. The summed E-state index contributed by atoms with van der Waals surface area (Å²) in [5, 5.41) is 5.57. The quantitative estimate of drug-likeness (QED) is 0.896. The van der Waals surface area contributed by atoms with Crippen molar-refractivity contribution in [3.8, 4) is 0 Å². The number of benzene rings is 1. The van der Waals surface area contributed by atoms with Crippen LogP contribution in [0.5, 0.6) is 0 Å². The molecule has 21 heavy (non-hydrogen) atoms. The number of anilines is 1. The Morgan fingerprint density at radius 2 is 1.95 bits per heavy atom. The molecule has 1 fully saturated rings. The van der Waals surface area contributed by atoms with E-state index in [4.69, 9.17) is 0 Å². The maximum atomic E-state index is 12.8. The Morgan fingerprint density at radius 1 is 1.33 bits per heavy atom. The van der Waals surface area contributed by atoms with Crippen molar-refractivity contribution in [1.82, 2.24) is 10.2 Å². The van der Waals surface area contributed by atoms with Gasteiger partial charge >= 0.3 is 6.03 Å². The number of urea groups is 1. The summed E-state index contributed by atoms with van der Waals surface area (Å²) in [6.45, 7) is 7.24. The molecule has 2 amide bonds. The first kappa shape index (κ1) is 15.8. The van der Waals surface area contributed by atoms with Gasteiger partial charge in [0.05, 0.1) is 0 Å². The summed E-state index contributed by atoms with van der Waals surface area (Å²) in [4.78, 5) is 14.2. The van der Waals surface area contributed by atoms with Crippen LogP contribution in [0, 0.1) is 11.7 Å². The smallest absolute Gasteiger partial charge is 0.319 e. The van der Waals surface area contributed by atoms with Crippen LogP contribution in [0.3, 0.4) is 0 Å². The maximum absolute atomic E-state index is 12.8.